The SMILES string of the molecule is c1ccc(-c2nc3ccc4c(c5ccccc5n4-c4ccc(-c5cc(-c6ccncc6)nc(-c6ccncc6)n5)cc4)c3o2)cc1. The molecule has 0 aliphatic rings. The molecule has 4 aromatic carbocycles. The molecule has 0 radical (unpaired) electrons. The second kappa shape index (κ2) is 10.6. The lowest BCUT2D eigenvalue weighted by atomic mass is 10.1. The highest BCUT2D eigenvalue weighted by Crippen LogP contribution is 2.39. The third-order valence-electron chi connectivity index (χ3n) is 8.27. The Hall–Kier alpha value is -6.47. The summed E-state index contributed by atoms with van der Waals surface area (Å²) in [7, 11) is 0. The third kappa shape index (κ3) is 4.33. The van der Waals surface area contributed by atoms with E-state index in [1.165, 1.54) is 0 Å². The van der Waals surface area contributed by atoms with Crippen molar-refractivity contribution >= 4 is 32.9 Å². The van der Waals surface area contributed by atoms with Gasteiger partial charge in [-0.15, -0.1) is 0 Å². The van der Waals surface area contributed by atoms with Crippen LogP contribution in [0.25, 0.3) is 83.9 Å². The summed E-state index contributed by atoms with van der Waals surface area (Å²) in [5, 5.41) is 2.16. The average molecular weight is 593 g/mol. The number of hydrogen-bond acceptors (Lipinski definition) is 6. The molecule has 7 nitrogen and oxygen atoms in total. The molecule has 0 atom stereocenters. The zero-order valence-electron chi connectivity index (χ0n) is 24.4. The molecule has 5 aromatic heterocycles. The van der Waals surface area contributed by atoms with Gasteiger partial charge in [-0.05, 0) is 72.8 Å². The molecule has 0 fully saturated rings. The minimum absolute atomic E-state index is 0.617. The maximum Gasteiger partial charge on any atom is 0.227 e. The lowest BCUT2D eigenvalue weighted by Crippen LogP contribution is -1.97. The van der Waals surface area contributed by atoms with Crippen LogP contribution in [0.15, 0.2) is 151 Å². The van der Waals surface area contributed by atoms with Crippen molar-refractivity contribution < 1.29 is 4.42 Å². The van der Waals surface area contributed by atoms with Gasteiger partial charge in [-0.25, -0.2) is 15.0 Å². The number of aromatic nitrogens is 6. The summed E-state index contributed by atoms with van der Waals surface area (Å²) in [4.78, 5) is 23.0. The van der Waals surface area contributed by atoms with E-state index < -0.39 is 0 Å². The molecule has 0 saturated heterocycles. The predicted molar refractivity (Wildman–Crippen MR) is 181 cm³/mol. The fourth-order valence-corrected chi connectivity index (χ4v) is 6.10. The van der Waals surface area contributed by atoms with Crippen molar-refractivity contribution in [1.29, 1.82) is 0 Å². The highest BCUT2D eigenvalue weighted by molar-refractivity contribution is 6.19. The van der Waals surface area contributed by atoms with Crippen LogP contribution in [0, 0.1) is 0 Å². The topological polar surface area (TPSA) is 82.5 Å². The molecule has 0 aliphatic carbocycles. The van der Waals surface area contributed by atoms with Gasteiger partial charge in [0.05, 0.1) is 27.8 Å². The molecule has 0 spiro atoms. The van der Waals surface area contributed by atoms with E-state index in [0.29, 0.717) is 11.7 Å². The Bertz CT molecular complexity index is 2450. The van der Waals surface area contributed by atoms with E-state index >= 15 is 0 Å². The zero-order valence-corrected chi connectivity index (χ0v) is 24.4. The van der Waals surface area contributed by atoms with Gasteiger partial charge in [-0.2, -0.15) is 0 Å². The first kappa shape index (κ1) is 26.0. The van der Waals surface area contributed by atoms with Gasteiger partial charge in [0.2, 0.25) is 5.89 Å². The van der Waals surface area contributed by atoms with E-state index in [9.17, 15) is 0 Å². The number of nitrogens with zero attached hydrogens (tertiary/aromatic N) is 6. The van der Waals surface area contributed by atoms with Gasteiger partial charge >= 0.3 is 0 Å². The van der Waals surface area contributed by atoms with Crippen LogP contribution in [0.4, 0.5) is 0 Å². The molecule has 9 aromatic rings. The summed E-state index contributed by atoms with van der Waals surface area (Å²) in [5.41, 5.74) is 10.3. The standard InChI is InChI=1S/C39H24N6O/c1-2-6-28(7-3-1)39-44-31-14-15-35-36(37(31)46-39)30-8-4-5-9-34(30)45(35)29-12-10-25(11-13-29)32-24-33(26-16-20-40-21-17-26)43-38(42-32)27-18-22-41-23-19-27/h1-24H. The Kier molecular flexibility index (Phi) is 5.99. The van der Waals surface area contributed by atoms with Crippen LogP contribution in [0.5, 0.6) is 0 Å². The third-order valence-corrected chi connectivity index (χ3v) is 8.27. The largest absolute Gasteiger partial charge is 0.435 e. The lowest BCUT2D eigenvalue weighted by Gasteiger charge is -2.11. The van der Waals surface area contributed by atoms with Gasteiger partial charge < -0.3 is 8.98 Å². The molecule has 7 heteroatoms. The minimum atomic E-state index is 0.617. The van der Waals surface area contributed by atoms with Crippen LogP contribution in [-0.2, 0) is 0 Å². The Balaban J connectivity index is 1.18. The number of hydrogen-bond donors (Lipinski definition) is 0. The molecule has 0 saturated carbocycles. The first-order chi connectivity index (χ1) is 22.8. The Morgan fingerprint density at radius 2 is 1.15 bits per heavy atom. The number of para-hydroxylation sites is 1. The van der Waals surface area contributed by atoms with E-state index in [2.05, 4.69) is 69.1 Å². The smallest absolute Gasteiger partial charge is 0.227 e. The minimum Gasteiger partial charge on any atom is -0.435 e. The Labute approximate surface area is 263 Å². The first-order valence-corrected chi connectivity index (χ1v) is 15.0. The van der Waals surface area contributed by atoms with Crippen molar-refractivity contribution in [1.82, 2.24) is 29.5 Å². The summed E-state index contributed by atoms with van der Waals surface area (Å²) >= 11 is 0. The van der Waals surface area contributed by atoms with E-state index in [0.717, 1.165) is 72.2 Å². The van der Waals surface area contributed by atoms with Gasteiger partial charge in [-0.3, -0.25) is 9.97 Å². The van der Waals surface area contributed by atoms with Crippen LogP contribution in [0.2, 0.25) is 0 Å². The fourth-order valence-electron chi connectivity index (χ4n) is 6.10. The normalized spacial score (nSPS) is 11.5. The summed E-state index contributed by atoms with van der Waals surface area (Å²) in [6.45, 7) is 0. The van der Waals surface area contributed by atoms with E-state index in [-0.39, 0.29) is 0 Å². The van der Waals surface area contributed by atoms with Crippen molar-refractivity contribution in [2.45, 2.75) is 0 Å². The number of oxazole rings is 1. The van der Waals surface area contributed by atoms with Gasteiger partial charge in [-0.1, -0.05) is 48.5 Å². The van der Waals surface area contributed by atoms with Crippen LogP contribution < -0.4 is 0 Å². The van der Waals surface area contributed by atoms with Gasteiger partial charge in [0.25, 0.3) is 0 Å². The molecule has 0 amide bonds. The zero-order chi connectivity index (χ0) is 30.5. The first-order valence-electron chi connectivity index (χ1n) is 15.0. The van der Waals surface area contributed by atoms with Crippen molar-refractivity contribution in [3.05, 3.63) is 146 Å². The van der Waals surface area contributed by atoms with E-state index in [1.807, 2.05) is 66.7 Å². The predicted octanol–water partition coefficient (Wildman–Crippen LogP) is 9.17. The van der Waals surface area contributed by atoms with Crippen molar-refractivity contribution in [2.24, 2.45) is 0 Å². The molecule has 216 valence electrons. The maximum absolute atomic E-state index is 6.45. The molecular formula is C39H24N6O. The lowest BCUT2D eigenvalue weighted by molar-refractivity contribution is 0.623. The second-order valence-electron chi connectivity index (χ2n) is 11.0. The quantitative estimate of drug-likeness (QED) is 0.198. The molecule has 0 aliphatic heterocycles. The van der Waals surface area contributed by atoms with Crippen LogP contribution in [0.3, 0.4) is 0 Å². The average Bonchev–Trinajstić information content (AvgIpc) is 3.72. The second-order valence-corrected chi connectivity index (χ2v) is 11.0. The maximum atomic E-state index is 6.45. The summed E-state index contributed by atoms with van der Waals surface area (Å²) < 4.78 is 8.73. The molecule has 9 rings (SSSR count). The van der Waals surface area contributed by atoms with Crippen LogP contribution >= 0.6 is 0 Å². The summed E-state index contributed by atoms with van der Waals surface area (Å²) in [5.74, 6) is 1.26. The highest BCUT2D eigenvalue weighted by Gasteiger charge is 2.19. The van der Waals surface area contributed by atoms with Crippen LogP contribution in [0.1, 0.15) is 0 Å². The Morgan fingerprint density at radius 1 is 0.500 bits per heavy atom. The molecule has 5 heterocycles. The van der Waals surface area contributed by atoms with Crippen molar-refractivity contribution in [3.63, 3.8) is 0 Å². The van der Waals surface area contributed by atoms with Gasteiger partial charge in [0.15, 0.2) is 11.4 Å². The summed E-state index contributed by atoms with van der Waals surface area (Å²) in [6.07, 6.45) is 7.07. The van der Waals surface area contributed by atoms with Gasteiger partial charge in [0.1, 0.15) is 5.52 Å². The van der Waals surface area contributed by atoms with Crippen molar-refractivity contribution in [3.8, 4) is 51.0 Å². The monoisotopic (exact) mass is 592 g/mol. The van der Waals surface area contributed by atoms with Gasteiger partial charge in [0, 0.05) is 58.1 Å². The fraction of sp³-hybridized carbons (Fsp3) is 0. The van der Waals surface area contributed by atoms with E-state index in [1.54, 1.807) is 24.8 Å². The van der Waals surface area contributed by atoms with Crippen LogP contribution in [-0.4, -0.2) is 29.5 Å². The molecule has 46 heavy (non-hydrogen) atoms. The molecule has 0 unspecified atom stereocenters. The highest BCUT2D eigenvalue weighted by atomic mass is 16.3. The molecule has 0 bridgehead atoms. The molecule has 0 N–H and O–H groups in total. The number of fused-ring (bicyclic) bond motifs is 5. The number of rotatable bonds is 5. The summed E-state index contributed by atoms with van der Waals surface area (Å²) in [6, 6.07) is 40.9. The number of pyridine rings is 2. The number of benzene rings is 4. The Morgan fingerprint density at radius 3 is 1.89 bits per heavy atom. The van der Waals surface area contributed by atoms with E-state index in [4.69, 9.17) is 19.4 Å². The van der Waals surface area contributed by atoms with Crippen molar-refractivity contribution in [2.75, 3.05) is 0 Å². The molecular weight excluding hydrogens is 568 g/mol.